The van der Waals surface area contributed by atoms with Gasteiger partial charge in [-0.1, -0.05) is 0 Å². The molecule has 1 N–H and O–H groups in total. The lowest BCUT2D eigenvalue weighted by Gasteiger charge is -2.12. The van der Waals surface area contributed by atoms with Crippen LogP contribution in [0.25, 0.3) is 0 Å². The third-order valence-corrected chi connectivity index (χ3v) is 1.83. The van der Waals surface area contributed by atoms with Crippen LogP contribution >= 0.6 is 0 Å². The minimum Gasteiger partial charge on any atom is -0.466 e. The third kappa shape index (κ3) is 2.85. The van der Waals surface area contributed by atoms with Crippen LogP contribution < -0.4 is 10.1 Å². The topological polar surface area (TPSA) is 89.5 Å². The highest BCUT2D eigenvalue weighted by Gasteiger charge is 2.14. The van der Waals surface area contributed by atoms with E-state index in [-0.39, 0.29) is 17.7 Å². The molecule has 0 saturated heterocycles. The second-order valence-electron chi connectivity index (χ2n) is 2.75. The third-order valence-electron chi connectivity index (χ3n) is 1.83. The van der Waals surface area contributed by atoms with E-state index in [1.54, 1.807) is 0 Å². The molecule has 0 radical (unpaired) electrons. The first kappa shape index (κ1) is 12.3. The molecule has 7 nitrogen and oxygen atoms in total. The number of hydrogen-bond donors (Lipinski definition) is 1. The zero-order chi connectivity index (χ0) is 12.0. The molecule has 1 aromatic heterocycles. The van der Waals surface area contributed by atoms with E-state index in [1.165, 1.54) is 21.3 Å². The lowest BCUT2D eigenvalue weighted by Crippen LogP contribution is -2.23. The average molecular weight is 227 g/mol. The Balaban J connectivity index is 2.61. The van der Waals surface area contributed by atoms with Gasteiger partial charge in [-0.25, -0.2) is 0 Å². The van der Waals surface area contributed by atoms with Crippen molar-refractivity contribution >= 4 is 6.01 Å². The van der Waals surface area contributed by atoms with Gasteiger partial charge in [0.2, 0.25) is 5.69 Å². The summed E-state index contributed by atoms with van der Waals surface area (Å²) in [5.41, 5.74) is 0.0939. The second kappa shape index (κ2) is 5.95. The van der Waals surface area contributed by atoms with Gasteiger partial charge in [-0.05, 0) is 0 Å². The monoisotopic (exact) mass is 227 g/mol. The maximum Gasteiger partial charge on any atom is 0.325 e. The van der Waals surface area contributed by atoms with Crippen molar-refractivity contribution in [3.8, 4) is 12.0 Å². The summed E-state index contributed by atoms with van der Waals surface area (Å²) in [5, 5.41) is 11.5. The number of aromatic nitrogens is 1. The Morgan fingerprint density at radius 3 is 2.56 bits per heavy atom. The number of rotatable bonds is 6. The first-order valence-corrected chi connectivity index (χ1v) is 4.49. The molecule has 0 bridgehead atoms. The Bertz CT molecular complexity index is 367. The van der Waals surface area contributed by atoms with Crippen LogP contribution in [0.1, 0.15) is 5.69 Å². The van der Waals surface area contributed by atoms with Crippen molar-refractivity contribution in [1.29, 1.82) is 5.26 Å². The fourth-order valence-corrected chi connectivity index (χ4v) is 1.02. The van der Waals surface area contributed by atoms with Crippen LogP contribution in [0.5, 0.6) is 5.95 Å². The Kier molecular flexibility index (Phi) is 4.57. The van der Waals surface area contributed by atoms with E-state index < -0.39 is 6.29 Å². The van der Waals surface area contributed by atoms with Gasteiger partial charge in [-0.2, -0.15) is 10.2 Å². The molecular weight excluding hydrogens is 214 g/mol. The van der Waals surface area contributed by atoms with Gasteiger partial charge in [0.1, 0.15) is 6.07 Å². The van der Waals surface area contributed by atoms with Crippen LogP contribution in [0, 0.1) is 11.3 Å². The minimum absolute atomic E-state index is 0.0800. The summed E-state index contributed by atoms with van der Waals surface area (Å²) in [6, 6.07) is 2.04. The molecule has 88 valence electrons. The molecule has 1 rings (SSSR count). The van der Waals surface area contributed by atoms with E-state index in [1.807, 2.05) is 6.07 Å². The largest absolute Gasteiger partial charge is 0.466 e. The number of ether oxygens (including phenoxy) is 3. The highest BCUT2D eigenvalue weighted by molar-refractivity contribution is 5.36. The first-order chi connectivity index (χ1) is 7.74. The van der Waals surface area contributed by atoms with E-state index >= 15 is 0 Å². The lowest BCUT2D eigenvalue weighted by molar-refractivity contribution is -0.0916. The van der Waals surface area contributed by atoms with Gasteiger partial charge in [-0.15, -0.1) is 0 Å². The van der Waals surface area contributed by atoms with Crippen LogP contribution in [0.2, 0.25) is 0 Å². The molecule has 0 fully saturated rings. The van der Waals surface area contributed by atoms with Gasteiger partial charge in [0.05, 0.1) is 13.7 Å². The van der Waals surface area contributed by atoms with Crippen molar-refractivity contribution < 1.29 is 18.6 Å². The molecule has 0 aliphatic carbocycles. The molecule has 0 aliphatic rings. The molecule has 1 aromatic rings. The Morgan fingerprint density at radius 2 is 2.12 bits per heavy atom. The zero-order valence-corrected chi connectivity index (χ0v) is 9.31. The summed E-state index contributed by atoms with van der Waals surface area (Å²) < 4.78 is 19.9. The molecule has 16 heavy (non-hydrogen) atoms. The van der Waals surface area contributed by atoms with Gasteiger partial charge >= 0.3 is 5.95 Å². The van der Waals surface area contributed by atoms with Crippen LogP contribution in [-0.4, -0.2) is 39.1 Å². The van der Waals surface area contributed by atoms with Crippen molar-refractivity contribution in [3.63, 3.8) is 0 Å². The zero-order valence-electron chi connectivity index (χ0n) is 9.31. The average Bonchev–Trinajstić information content (AvgIpc) is 2.73. The fraction of sp³-hybridized carbons (Fsp3) is 0.556. The van der Waals surface area contributed by atoms with Gasteiger partial charge in [0.25, 0.3) is 6.01 Å². The molecule has 0 amide bonds. The van der Waals surface area contributed by atoms with Gasteiger partial charge in [-0.3, -0.25) is 0 Å². The molecule has 0 aromatic carbocycles. The summed E-state index contributed by atoms with van der Waals surface area (Å²) >= 11 is 0. The number of oxazole rings is 1. The van der Waals surface area contributed by atoms with Gasteiger partial charge in [0, 0.05) is 14.2 Å². The van der Waals surface area contributed by atoms with E-state index in [2.05, 4.69) is 10.3 Å². The predicted octanol–water partition coefficient (Wildman–Crippen LogP) is 0.586. The summed E-state index contributed by atoms with van der Waals surface area (Å²) in [4.78, 5) is 3.87. The van der Waals surface area contributed by atoms with E-state index in [0.717, 1.165) is 0 Å². The van der Waals surface area contributed by atoms with Crippen molar-refractivity contribution in [1.82, 2.24) is 4.98 Å². The van der Waals surface area contributed by atoms with Crippen molar-refractivity contribution in [2.75, 3.05) is 33.2 Å². The number of nitrogens with zero attached hydrogens (tertiary/aromatic N) is 2. The van der Waals surface area contributed by atoms with Crippen molar-refractivity contribution in [2.24, 2.45) is 0 Å². The Hall–Kier alpha value is -1.78. The van der Waals surface area contributed by atoms with Crippen LogP contribution in [-0.2, 0) is 9.47 Å². The number of hydrogen-bond acceptors (Lipinski definition) is 7. The highest BCUT2D eigenvalue weighted by Crippen LogP contribution is 2.21. The van der Waals surface area contributed by atoms with Crippen molar-refractivity contribution in [3.05, 3.63) is 5.69 Å². The number of methoxy groups -OCH3 is 3. The normalized spacial score (nSPS) is 10.2. The molecule has 1 heterocycles. The second-order valence-corrected chi connectivity index (χ2v) is 2.75. The summed E-state index contributed by atoms with van der Waals surface area (Å²) in [5.74, 6) is 0.0800. The molecule has 0 saturated carbocycles. The maximum absolute atomic E-state index is 8.70. The predicted molar refractivity (Wildman–Crippen MR) is 54.1 cm³/mol. The molecular formula is C9H13N3O4. The van der Waals surface area contributed by atoms with Gasteiger partial charge in [0.15, 0.2) is 6.29 Å². The number of anilines is 1. The highest BCUT2D eigenvalue weighted by atomic mass is 16.7. The molecule has 0 spiro atoms. The van der Waals surface area contributed by atoms with Gasteiger partial charge < -0.3 is 23.9 Å². The van der Waals surface area contributed by atoms with Crippen LogP contribution in [0.3, 0.4) is 0 Å². The lowest BCUT2D eigenvalue weighted by atomic mass is 10.5. The van der Waals surface area contributed by atoms with Crippen LogP contribution in [0.15, 0.2) is 4.42 Å². The minimum atomic E-state index is -0.413. The summed E-state index contributed by atoms with van der Waals surface area (Å²) in [6.45, 7) is 0.349. The molecule has 0 atom stereocenters. The SMILES string of the molecule is COc1oc(NCC(OC)OC)nc1C#N. The van der Waals surface area contributed by atoms with Crippen molar-refractivity contribution in [2.45, 2.75) is 6.29 Å². The summed E-state index contributed by atoms with van der Waals surface area (Å²) in [6.07, 6.45) is -0.413. The molecule has 7 heteroatoms. The molecule has 0 aliphatic heterocycles. The maximum atomic E-state index is 8.70. The molecule has 0 unspecified atom stereocenters. The number of nitrogens with one attached hydrogen (secondary N) is 1. The first-order valence-electron chi connectivity index (χ1n) is 4.49. The smallest absolute Gasteiger partial charge is 0.325 e. The fourth-order valence-electron chi connectivity index (χ4n) is 1.02. The van der Waals surface area contributed by atoms with E-state index in [4.69, 9.17) is 23.9 Å². The Labute approximate surface area is 92.9 Å². The van der Waals surface area contributed by atoms with Crippen LogP contribution in [0.4, 0.5) is 6.01 Å². The quantitative estimate of drug-likeness (QED) is 0.711. The standard InChI is InChI=1S/C9H13N3O4/c1-13-7(14-2)5-11-9-12-6(4-10)8(15-3)16-9/h7H,5H2,1-3H3,(H,11,12). The number of nitriles is 1. The van der Waals surface area contributed by atoms with E-state index in [0.29, 0.717) is 6.54 Å². The summed E-state index contributed by atoms with van der Waals surface area (Å²) in [7, 11) is 4.44. The Morgan fingerprint density at radius 1 is 1.44 bits per heavy atom. The van der Waals surface area contributed by atoms with E-state index in [9.17, 15) is 0 Å².